The molecule has 0 aromatic heterocycles. The molecule has 12 heavy (non-hydrogen) atoms. The van der Waals surface area contributed by atoms with Crippen LogP contribution in [-0.4, -0.2) is 14.1 Å². The van der Waals surface area contributed by atoms with Crippen molar-refractivity contribution in [2.75, 3.05) is 14.1 Å². The van der Waals surface area contributed by atoms with Crippen molar-refractivity contribution in [2.24, 2.45) is 0 Å². The van der Waals surface area contributed by atoms with Crippen LogP contribution in [0.15, 0.2) is 30.3 Å². The van der Waals surface area contributed by atoms with Crippen LogP contribution in [0.5, 0.6) is 0 Å². The van der Waals surface area contributed by atoms with E-state index < -0.39 is 0 Å². The molecule has 0 amide bonds. The zero-order valence-corrected chi connectivity index (χ0v) is 7.50. The Labute approximate surface area is 72.9 Å². The summed E-state index contributed by atoms with van der Waals surface area (Å²) in [6, 6.07) is 10.1. The molecule has 0 unspecified atom stereocenters. The second-order valence-corrected chi connectivity index (χ2v) is 2.88. The molecule has 0 saturated heterocycles. The Kier molecular flexibility index (Phi) is 3.73. The third-order valence-electron chi connectivity index (χ3n) is 1.36. The van der Waals surface area contributed by atoms with Crippen LogP contribution < -0.4 is 10.6 Å². The lowest BCUT2D eigenvalue weighted by Crippen LogP contribution is -3.12. The van der Waals surface area contributed by atoms with Gasteiger partial charge in [0, 0.05) is 0 Å². The van der Waals surface area contributed by atoms with Gasteiger partial charge in [0.15, 0.2) is 0 Å². The second kappa shape index (κ2) is 4.87. The van der Waals surface area contributed by atoms with Crippen LogP contribution in [0.25, 0.3) is 0 Å². The van der Waals surface area contributed by atoms with E-state index in [1.807, 2.05) is 44.4 Å². The van der Waals surface area contributed by atoms with Crippen LogP contribution in [0.1, 0.15) is 5.56 Å². The number of hydrogen-bond donors (Lipinski definition) is 2. The lowest BCUT2D eigenvalue weighted by Gasteiger charge is -2.07. The van der Waals surface area contributed by atoms with E-state index in [2.05, 4.69) is 5.59 Å². The summed E-state index contributed by atoms with van der Waals surface area (Å²) in [5.41, 5.74) is 3.98. The molecular formula is C9H15N2O+. The molecule has 1 rings (SSSR count). The minimum absolute atomic E-state index is 0.603. The van der Waals surface area contributed by atoms with Crippen molar-refractivity contribution >= 4 is 0 Å². The quantitative estimate of drug-likeness (QED) is 0.606. The van der Waals surface area contributed by atoms with Gasteiger partial charge in [0.05, 0.1) is 20.7 Å². The minimum Gasteiger partial charge on any atom is -0.252 e. The van der Waals surface area contributed by atoms with Crippen molar-refractivity contribution in [1.82, 2.24) is 5.59 Å². The third kappa shape index (κ3) is 3.48. The van der Waals surface area contributed by atoms with Gasteiger partial charge in [0.1, 0.15) is 0 Å². The normalized spacial score (nSPS) is 10.6. The topological polar surface area (TPSA) is 25.7 Å². The van der Waals surface area contributed by atoms with Gasteiger partial charge in [-0.2, -0.15) is 0 Å². The summed E-state index contributed by atoms with van der Waals surface area (Å²) in [7, 11) is 3.93. The highest BCUT2D eigenvalue weighted by molar-refractivity contribution is 5.13. The maximum Gasteiger partial charge on any atom is 0.0987 e. The fourth-order valence-corrected chi connectivity index (χ4v) is 0.838. The van der Waals surface area contributed by atoms with E-state index in [4.69, 9.17) is 4.84 Å². The molecule has 0 radical (unpaired) electrons. The molecule has 2 N–H and O–H groups in total. The highest BCUT2D eigenvalue weighted by Crippen LogP contribution is 1.97. The Morgan fingerprint density at radius 3 is 2.50 bits per heavy atom. The maximum atomic E-state index is 5.19. The van der Waals surface area contributed by atoms with Gasteiger partial charge >= 0.3 is 0 Å². The van der Waals surface area contributed by atoms with Gasteiger partial charge in [-0.3, -0.25) is 4.84 Å². The van der Waals surface area contributed by atoms with Gasteiger partial charge in [0.2, 0.25) is 0 Å². The Morgan fingerprint density at radius 1 is 1.25 bits per heavy atom. The Hall–Kier alpha value is -0.900. The zero-order valence-electron chi connectivity index (χ0n) is 7.50. The molecule has 0 fully saturated rings. The van der Waals surface area contributed by atoms with Gasteiger partial charge in [-0.25, -0.2) is 5.01 Å². The fraction of sp³-hybridized carbons (Fsp3) is 0.333. The zero-order chi connectivity index (χ0) is 8.81. The molecule has 1 aromatic carbocycles. The fourth-order valence-electron chi connectivity index (χ4n) is 0.838. The number of rotatable bonds is 4. The van der Waals surface area contributed by atoms with Crippen molar-refractivity contribution < 1.29 is 9.85 Å². The predicted octanol–water partition coefficient (Wildman–Crippen LogP) is -0.233. The SMILES string of the molecule is C[NH+](C)NOCc1ccccc1. The van der Waals surface area contributed by atoms with E-state index in [0.29, 0.717) is 6.61 Å². The Bertz CT molecular complexity index is 211. The lowest BCUT2D eigenvalue weighted by atomic mass is 10.2. The molecule has 0 heterocycles. The molecule has 0 aliphatic heterocycles. The lowest BCUT2D eigenvalue weighted by molar-refractivity contribution is -0.937. The number of quaternary nitrogens is 1. The van der Waals surface area contributed by atoms with Crippen LogP contribution in [0, 0.1) is 0 Å². The van der Waals surface area contributed by atoms with E-state index >= 15 is 0 Å². The molecule has 3 heteroatoms. The van der Waals surface area contributed by atoms with Crippen molar-refractivity contribution in [3.05, 3.63) is 35.9 Å². The Morgan fingerprint density at radius 2 is 1.92 bits per heavy atom. The number of hydrogen-bond acceptors (Lipinski definition) is 2. The molecule has 0 bridgehead atoms. The average Bonchev–Trinajstić information content (AvgIpc) is 2.05. The molecule has 3 nitrogen and oxygen atoms in total. The molecule has 1 aromatic rings. The van der Waals surface area contributed by atoms with E-state index in [1.165, 1.54) is 5.56 Å². The standard InChI is InChI=1S/C9H14N2O/c1-11(2)10-12-8-9-6-4-3-5-7-9/h3-7,10H,8H2,1-2H3/p+1. The summed E-state index contributed by atoms with van der Waals surface area (Å²) in [5, 5.41) is 1.06. The first-order valence-electron chi connectivity index (χ1n) is 4.01. The van der Waals surface area contributed by atoms with Crippen molar-refractivity contribution in [3.8, 4) is 0 Å². The van der Waals surface area contributed by atoms with Crippen LogP contribution in [0.3, 0.4) is 0 Å². The summed E-state index contributed by atoms with van der Waals surface area (Å²) in [6.45, 7) is 0.603. The summed E-state index contributed by atoms with van der Waals surface area (Å²) in [6.07, 6.45) is 0. The van der Waals surface area contributed by atoms with Crippen LogP contribution in [0.4, 0.5) is 0 Å². The van der Waals surface area contributed by atoms with Crippen molar-refractivity contribution in [1.29, 1.82) is 0 Å². The Balaban J connectivity index is 2.25. The van der Waals surface area contributed by atoms with E-state index in [0.717, 1.165) is 5.01 Å². The van der Waals surface area contributed by atoms with Crippen molar-refractivity contribution in [3.63, 3.8) is 0 Å². The molecule has 0 saturated carbocycles. The average molecular weight is 167 g/mol. The highest BCUT2D eigenvalue weighted by Gasteiger charge is 1.92. The first kappa shape index (κ1) is 9.19. The highest BCUT2D eigenvalue weighted by atomic mass is 16.7. The monoisotopic (exact) mass is 167 g/mol. The third-order valence-corrected chi connectivity index (χ3v) is 1.36. The first-order valence-corrected chi connectivity index (χ1v) is 4.01. The molecular weight excluding hydrogens is 152 g/mol. The first-order chi connectivity index (χ1) is 5.79. The molecule has 0 atom stereocenters. The van der Waals surface area contributed by atoms with Gasteiger partial charge in [-0.1, -0.05) is 30.3 Å². The van der Waals surface area contributed by atoms with Crippen LogP contribution in [0.2, 0.25) is 0 Å². The number of nitrogens with one attached hydrogen (secondary N) is 2. The predicted molar refractivity (Wildman–Crippen MR) is 47.2 cm³/mol. The maximum absolute atomic E-state index is 5.19. The van der Waals surface area contributed by atoms with Crippen LogP contribution >= 0.6 is 0 Å². The van der Waals surface area contributed by atoms with Crippen LogP contribution in [-0.2, 0) is 11.4 Å². The second-order valence-electron chi connectivity index (χ2n) is 2.88. The molecule has 0 spiro atoms. The van der Waals surface area contributed by atoms with Crippen molar-refractivity contribution in [2.45, 2.75) is 6.61 Å². The largest absolute Gasteiger partial charge is 0.252 e. The van der Waals surface area contributed by atoms with Gasteiger partial charge < -0.3 is 0 Å². The van der Waals surface area contributed by atoms with E-state index in [1.54, 1.807) is 0 Å². The summed E-state index contributed by atoms with van der Waals surface area (Å²) < 4.78 is 0. The molecule has 0 aliphatic carbocycles. The molecule has 66 valence electrons. The minimum atomic E-state index is 0.603. The van der Waals surface area contributed by atoms with E-state index in [9.17, 15) is 0 Å². The van der Waals surface area contributed by atoms with Gasteiger partial charge in [-0.05, 0) is 11.2 Å². The number of benzene rings is 1. The summed E-state index contributed by atoms with van der Waals surface area (Å²) >= 11 is 0. The van der Waals surface area contributed by atoms with Gasteiger partial charge in [-0.15, -0.1) is 0 Å². The smallest absolute Gasteiger partial charge is 0.0987 e. The molecule has 0 aliphatic rings. The summed E-state index contributed by atoms with van der Waals surface area (Å²) in [4.78, 5) is 5.19. The van der Waals surface area contributed by atoms with E-state index in [-0.39, 0.29) is 0 Å². The van der Waals surface area contributed by atoms with Gasteiger partial charge in [0.25, 0.3) is 0 Å². The summed E-state index contributed by atoms with van der Waals surface area (Å²) in [5.74, 6) is 0.